The predicted octanol–water partition coefficient (Wildman–Crippen LogP) is 3.05. The SMILES string of the molecule is N#CCCCS(=O)(=O)[C@H]1CCc2c(Cl)cccc21. The van der Waals surface area contributed by atoms with Gasteiger partial charge in [-0.3, -0.25) is 0 Å². The third-order valence-corrected chi connectivity index (χ3v) is 5.88. The molecule has 96 valence electrons. The van der Waals surface area contributed by atoms with E-state index in [0.717, 1.165) is 17.5 Å². The van der Waals surface area contributed by atoms with Crippen LogP contribution in [0.15, 0.2) is 18.2 Å². The topological polar surface area (TPSA) is 57.9 Å². The second-order valence-electron chi connectivity index (χ2n) is 4.46. The van der Waals surface area contributed by atoms with E-state index >= 15 is 0 Å². The first-order valence-electron chi connectivity index (χ1n) is 5.92. The van der Waals surface area contributed by atoms with Gasteiger partial charge < -0.3 is 0 Å². The smallest absolute Gasteiger partial charge is 0.157 e. The summed E-state index contributed by atoms with van der Waals surface area (Å²) in [5, 5.41) is 8.68. The Hall–Kier alpha value is -1.05. The molecule has 18 heavy (non-hydrogen) atoms. The van der Waals surface area contributed by atoms with E-state index in [1.165, 1.54) is 0 Å². The second-order valence-corrected chi connectivity index (χ2v) is 7.17. The molecule has 0 bridgehead atoms. The Kier molecular flexibility index (Phi) is 3.94. The lowest BCUT2D eigenvalue weighted by atomic mass is 10.1. The molecule has 1 aromatic carbocycles. The molecule has 1 aliphatic rings. The van der Waals surface area contributed by atoms with Crippen LogP contribution in [-0.2, 0) is 16.3 Å². The van der Waals surface area contributed by atoms with E-state index in [4.69, 9.17) is 16.9 Å². The zero-order valence-electron chi connectivity index (χ0n) is 9.89. The van der Waals surface area contributed by atoms with Gasteiger partial charge in [-0.15, -0.1) is 0 Å². The van der Waals surface area contributed by atoms with Crippen molar-refractivity contribution in [2.75, 3.05) is 5.75 Å². The van der Waals surface area contributed by atoms with E-state index in [-0.39, 0.29) is 12.2 Å². The Morgan fingerprint density at radius 1 is 1.44 bits per heavy atom. The minimum atomic E-state index is -3.17. The molecule has 0 fully saturated rings. The average molecular weight is 284 g/mol. The molecule has 5 heteroatoms. The molecular weight excluding hydrogens is 270 g/mol. The van der Waals surface area contributed by atoms with Crippen LogP contribution < -0.4 is 0 Å². The molecule has 1 aliphatic carbocycles. The van der Waals surface area contributed by atoms with Gasteiger partial charge in [0.2, 0.25) is 0 Å². The number of sulfone groups is 1. The van der Waals surface area contributed by atoms with E-state index < -0.39 is 15.1 Å². The van der Waals surface area contributed by atoms with Crippen molar-refractivity contribution in [3.8, 4) is 6.07 Å². The number of rotatable bonds is 4. The molecule has 0 unspecified atom stereocenters. The standard InChI is InChI=1S/C13H14ClNO2S/c14-12-5-3-4-11-10(12)6-7-13(11)18(16,17)9-2-1-8-15/h3-5,13H,1-2,6-7,9H2/t13-/m0/s1. The second kappa shape index (κ2) is 5.29. The van der Waals surface area contributed by atoms with Crippen molar-refractivity contribution in [2.24, 2.45) is 0 Å². The number of benzene rings is 1. The van der Waals surface area contributed by atoms with Crippen molar-refractivity contribution >= 4 is 21.4 Å². The van der Waals surface area contributed by atoms with Crippen LogP contribution in [0.1, 0.15) is 35.6 Å². The molecule has 1 aromatic rings. The molecule has 0 aliphatic heterocycles. The highest BCUT2D eigenvalue weighted by atomic mass is 35.5. The van der Waals surface area contributed by atoms with Crippen molar-refractivity contribution in [3.63, 3.8) is 0 Å². The van der Waals surface area contributed by atoms with Gasteiger partial charge in [-0.25, -0.2) is 8.42 Å². The van der Waals surface area contributed by atoms with Crippen molar-refractivity contribution < 1.29 is 8.42 Å². The van der Waals surface area contributed by atoms with Crippen LogP contribution in [0.4, 0.5) is 0 Å². The van der Waals surface area contributed by atoms with Crippen LogP contribution in [-0.4, -0.2) is 14.2 Å². The van der Waals surface area contributed by atoms with Crippen LogP contribution in [0.5, 0.6) is 0 Å². The molecule has 0 amide bonds. The largest absolute Gasteiger partial charge is 0.228 e. The molecule has 2 rings (SSSR count). The van der Waals surface area contributed by atoms with Gasteiger partial charge in [0.1, 0.15) is 0 Å². The highest BCUT2D eigenvalue weighted by Crippen LogP contribution is 2.40. The predicted molar refractivity (Wildman–Crippen MR) is 71.1 cm³/mol. The van der Waals surface area contributed by atoms with Crippen LogP contribution >= 0.6 is 11.6 Å². The van der Waals surface area contributed by atoms with Gasteiger partial charge in [0.15, 0.2) is 9.84 Å². The zero-order valence-corrected chi connectivity index (χ0v) is 11.5. The van der Waals surface area contributed by atoms with Crippen LogP contribution in [0.25, 0.3) is 0 Å². The normalized spacial score (nSPS) is 18.3. The minimum absolute atomic E-state index is 0.0805. The lowest BCUT2D eigenvalue weighted by molar-refractivity contribution is 0.578. The Labute approximate surface area is 112 Å². The van der Waals surface area contributed by atoms with Crippen molar-refractivity contribution in [2.45, 2.75) is 30.9 Å². The van der Waals surface area contributed by atoms with Gasteiger partial charge in [0, 0.05) is 11.4 Å². The fourth-order valence-electron chi connectivity index (χ4n) is 2.44. The number of nitrogens with zero attached hydrogens (tertiary/aromatic N) is 1. The van der Waals surface area contributed by atoms with Gasteiger partial charge in [-0.2, -0.15) is 5.26 Å². The number of fused-ring (bicyclic) bond motifs is 1. The maximum Gasteiger partial charge on any atom is 0.157 e. The summed E-state index contributed by atoms with van der Waals surface area (Å²) in [6, 6.07) is 7.41. The Morgan fingerprint density at radius 3 is 2.94 bits per heavy atom. The van der Waals surface area contributed by atoms with Crippen molar-refractivity contribution in [1.82, 2.24) is 0 Å². The first kappa shape index (κ1) is 13.4. The van der Waals surface area contributed by atoms with Crippen LogP contribution in [0.2, 0.25) is 5.02 Å². The number of hydrogen-bond donors (Lipinski definition) is 0. The molecule has 0 saturated carbocycles. The molecule has 0 aromatic heterocycles. The van der Waals surface area contributed by atoms with Crippen molar-refractivity contribution in [3.05, 3.63) is 34.3 Å². The van der Waals surface area contributed by atoms with E-state index in [1.54, 1.807) is 12.1 Å². The zero-order chi connectivity index (χ0) is 13.2. The fourth-order valence-corrected chi connectivity index (χ4v) is 4.63. The molecule has 1 atom stereocenters. The van der Waals surface area contributed by atoms with Gasteiger partial charge in [0.25, 0.3) is 0 Å². The molecule has 0 heterocycles. The third-order valence-electron chi connectivity index (χ3n) is 3.31. The Morgan fingerprint density at radius 2 is 2.22 bits per heavy atom. The summed E-state index contributed by atoms with van der Waals surface area (Å²) >= 11 is 6.07. The number of unbranched alkanes of at least 4 members (excludes halogenated alkanes) is 1. The monoisotopic (exact) mass is 283 g/mol. The third kappa shape index (κ3) is 2.52. The molecule has 0 spiro atoms. The number of nitriles is 1. The molecule has 0 saturated heterocycles. The van der Waals surface area contributed by atoms with Gasteiger partial charge >= 0.3 is 0 Å². The maximum atomic E-state index is 12.2. The first-order valence-corrected chi connectivity index (χ1v) is 8.01. The average Bonchev–Trinajstić information content (AvgIpc) is 2.75. The molecule has 0 radical (unpaired) electrons. The van der Waals surface area contributed by atoms with Gasteiger partial charge in [-0.05, 0) is 36.5 Å². The van der Waals surface area contributed by atoms with E-state index in [9.17, 15) is 8.42 Å². The van der Waals surface area contributed by atoms with Gasteiger partial charge in [0.05, 0.1) is 17.1 Å². The molecular formula is C13H14ClNO2S. The summed E-state index contributed by atoms with van der Waals surface area (Å²) in [5.41, 5.74) is 1.81. The Balaban J connectivity index is 2.23. The maximum absolute atomic E-state index is 12.2. The first-order chi connectivity index (χ1) is 8.56. The number of halogens is 1. The van der Waals surface area contributed by atoms with Crippen molar-refractivity contribution in [1.29, 1.82) is 5.26 Å². The van der Waals surface area contributed by atoms with E-state index in [1.807, 2.05) is 12.1 Å². The van der Waals surface area contributed by atoms with E-state index in [2.05, 4.69) is 0 Å². The lowest BCUT2D eigenvalue weighted by Crippen LogP contribution is -2.14. The summed E-state index contributed by atoms with van der Waals surface area (Å²) < 4.78 is 24.5. The van der Waals surface area contributed by atoms with Crippen LogP contribution in [0.3, 0.4) is 0 Å². The summed E-state index contributed by atoms with van der Waals surface area (Å²) in [5.74, 6) is 0.0805. The highest BCUT2D eigenvalue weighted by Gasteiger charge is 2.33. The lowest BCUT2D eigenvalue weighted by Gasteiger charge is -2.12. The fraction of sp³-hybridized carbons (Fsp3) is 0.462. The van der Waals surface area contributed by atoms with E-state index in [0.29, 0.717) is 17.9 Å². The minimum Gasteiger partial charge on any atom is -0.228 e. The van der Waals surface area contributed by atoms with Gasteiger partial charge in [-0.1, -0.05) is 23.7 Å². The summed E-state index contributed by atoms with van der Waals surface area (Å²) in [7, 11) is -3.17. The molecule has 0 N–H and O–H groups in total. The summed E-state index contributed by atoms with van der Waals surface area (Å²) in [6.45, 7) is 0. The summed E-state index contributed by atoms with van der Waals surface area (Å²) in [6.07, 6.45) is 2.02. The molecule has 3 nitrogen and oxygen atoms in total. The highest BCUT2D eigenvalue weighted by molar-refractivity contribution is 7.91. The summed E-state index contributed by atoms with van der Waals surface area (Å²) in [4.78, 5) is 0. The Bertz CT molecular complexity index is 589. The number of hydrogen-bond acceptors (Lipinski definition) is 3. The van der Waals surface area contributed by atoms with Crippen LogP contribution in [0, 0.1) is 11.3 Å². The quantitative estimate of drug-likeness (QED) is 0.798.